The van der Waals surface area contributed by atoms with Gasteiger partial charge < -0.3 is 5.32 Å². The zero-order chi connectivity index (χ0) is 16.5. The van der Waals surface area contributed by atoms with Crippen LogP contribution in [0.15, 0.2) is 36.4 Å². The van der Waals surface area contributed by atoms with Crippen molar-refractivity contribution in [3.63, 3.8) is 0 Å². The summed E-state index contributed by atoms with van der Waals surface area (Å²) in [6.07, 6.45) is 0. The van der Waals surface area contributed by atoms with Crippen molar-refractivity contribution < 1.29 is 22.4 Å². The number of hydrogen-bond acceptors (Lipinski definition) is 1. The Morgan fingerprint density at radius 3 is 2.09 bits per heavy atom. The lowest BCUT2D eigenvalue weighted by Crippen LogP contribution is -2.35. The molecule has 1 amide bonds. The quantitative estimate of drug-likeness (QED) is 0.669. The molecule has 22 heavy (non-hydrogen) atoms. The van der Waals surface area contributed by atoms with E-state index in [-0.39, 0.29) is 0 Å². The van der Waals surface area contributed by atoms with Crippen LogP contribution in [0.5, 0.6) is 0 Å². The highest BCUT2D eigenvalue weighted by atomic mass is 19.2. The number of halogens is 4. The standard InChI is InChI=1S/C16H13F4NO/c1-16(2,9-3-5-10(17)6-4-9)15(22)21-12-8-7-11(18)13(19)14(12)20/h3-8H,1-2H3,(H,21,22). The van der Waals surface area contributed by atoms with Crippen molar-refractivity contribution >= 4 is 11.6 Å². The number of carbonyl (C=O) groups excluding carboxylic acids is 1. The van der Waals surface area contributed by atoms with Gasteiger partial charge in [-0.05, 0) is 43.7 Å². The molecule has 0 aromatic heterocycles. The summed E-state index contributed by atoms with van der Waals surface area (Å²) in [5.74, 6) is -5.55. The van der Waals surface area contributed by atoms with Crippen molar-refractivity contribution in [2.45, 2.75) is 19.3 Å². The molecular weight excluding hydrogens is 298 g/mol. The minimum absolute atomic E-state index is 0.452. The van der Waals surface area contributed by atoms with Gasteiger partial charge >= 0.3 is 0 Å². The third-order valence-corrected chi connectivity index (χ3v) is 3.42. The van der Waals surface area contributed by atoms with E-state index in [1.54, 1.807) is 13.8 Å². The molecule has 2 aromatic rings. The molecule has 2 rings (SSSR count). The maximum atomic E-state index is 13.6. The topological polar surface area (TPSA) is 29.1 Å². The zero-order valence-corrected chi connectivity index (χ0v) is 11.9. The van der Waals surface area contributed by atoms with Crippen molar-refractivity contribution in [1.29, 1.82) is 0 Å². The highest BCUT2D eigenvalue weighted by Gasteiger charge is 2.30. The molecule has 0 fully saturated rings. The second-order valence-electron chi connectivity index (χ2n) is 5.31. The number of hydrogen-bond donors (Lipinski definition) is 1. The number of rotatable bonds is 3. The highest BCUT2D eigenvalue weighted by Crippen LogP contribution is 2.27. The summed E-state index contributed by atoms with van der Waals surface area (Å²) in [5, 5.41) is 2.22. The second kappa shape index (κ2) is 5.79. The fourth-order valence-corrected chi connectivity index (χ4v) is 1.90. The van der Waals surface area contributed by atoms with Gasteiger partial charge in [-0.25, -0.2) is 17.6 Å². The molecule has 0 saturated heterocycles. The first-order valence-corrected chi connectivity index (χ1v) is 6.44. The lowest BCUT2D eigenvalue weighted by Gasteiger charge is -2.24. The summed E-state index contributed by atoms with van der Waals surface area (Å²) in [6.45, 7) is 3.10. The molecule has 0 spiro atoms. The van der Waals surface area contributed by atoms with E-state index in [1.165, 1.54) is 24.3 Å². The summed E-state index contributed by atoms with van der Waals surface area (Å²) >= 11 is 0. The van der Waals surface area contributed by atoms with Crippen LogP contribution in [0, 0.1) is 23.3 Å². The smallest absolute Gasteiger partial charge is 0.234 e. The lowest BCUT2D eigenvalue weighted by atomic mass is 9.83. The Hall–Kier alpha value is -2.37. The Morgan fingerprint density at radius 1 is 0.909 bits per heavy atom. The molecule has 0 unspecified atom stereocenters. The van der Waals surface area contributed by atoms with Gasteiger partial charge in [-0.1, -0.05) is 12.1 Å². The molecule has 2 nitrogen and oxygen atoms in total. The molecule has 0 aliphatic heterocycles. The summed E-state index contributed by atoms with van der Waals surface area (Å²) in [7, 11) is 0. The van der Waals surface area contributed by atoms with E-state index >= 15 is 0 Å². The lowest BCUT2D eigenvalue weighted by molar-refractivity contribution is -0.120. The van der Waals surface area contributed by atoms with Gasteiger partial charge in [0.25, 0.3) is 0 Å². The van der Waals surface area contributed by atoms with E-state index in [2.05, 4.69) is 5.32 Å². The molecule has 0 aliphatic rings. The van der Waals surface area contributed by atoms with Crippen LogP contribution in [-0.4, -0.2) is 5.91 Å². The van der Waals surface area contributed by atoms with Crippen molar-refractivity contribution in [3.8, 4) is 0 Å². The number of benzene rings is 2. The molecule has 0 heterocycles. The maximum absolute atomic E-state index is 13.6. The summed E-state index contributed by atoms with van der Waals surface area (Å²) in [5.41, 5.74) is -1.08. The van der Waals surface area contributed by atoms with Gasteiger partial charge in [0.15, 0.2) is 17.5 Å². The molecule has 116 valence electrons. The summed E-state index contributed by atoms with van der Waals surface area (Å²) in [4.78, 5) is 12.3. The van der Waals surface area contributed by atoms with E-state index in [0.29, 0.717) is 5.56 Å². The third kappa shape index (κ3) is 2.95. The number of carbonyl (C=O) groups is 1. The van der Waals surface area contributed by atoms with Crippen LogP contribution in [0.3, 0.4) is 0 Å². The van der Waals surface area contributed by atoms with Gasteiger partial charge in [-0.3, -0.25) is 4.79 Å². The van der Waals surface area contributed by atoms with E-state index in [4.69, 9.17) is 0 Å². The molecule has 6 heteroatoms. The van der Waals surface area contributed by atoms with Gasteiger partial charge in [-0.15, -0.1) is 0 Å². The summed E-state index contributed by atoms with van der Waals surface area (Å²) < 4.78 is 52.6. The first kappa shape index (κ1) is 16.0. The number of anilines is 1. The van der Waals surface area contributed by atoms with E-state index in [1.807, 2.05) is 0 Å². The van der Waals surface area contributed by atoms with Crippen LogP contribution >= 0.6 is 0 Å². The van der Waals surface area contributed by atoms with Crippen LogP contribution in [-0.2, 0) is 10.2 Å². The van der Waals surface area contributed by atoms with Crippen molar-refractivity contribution in [2.75, 3.05) is 5.32 Å². The highest BCUT2D eigenvalue weighted by molar-refractivity contribution is 5.98. The Balaban J connectivity index is 2.28. The minimum atomic E-state index is -1.66. The Morgan fingerprint density at radius 2 is 1.50 bits per heavy atom. The first-order chi connectivity index (χ1) is 10.2. The Kier molecular flexibility index (Phi) is 4.21. The van der Waals surface area contributed by atoms with Crippen molar-refractivity contribution in [3.05, 3.63) is 65.2 Å². The van der Waals surface area contributed by atoms with Gasteiger partial charge in [0.05, 0.1) is 11.1 Å². The molecule has 0 atom stereocenters. The number of nitrogens with one attached hydrogen (secondary N) is 1. The SMILES string of the molecule is CC(C)(C(=O)Nc1ccc(F)c(F)c1F)c1ccc(F)cc1. The van der Waals surface area contributed by atoms with E-state index in [9.17, 15) is 22.4 Å². The second-order valence-corrected chi connectivity index (χ2v) is 5.31. The molecule has 2 aromatic carbocycles. The average Bonchev–Trinajstić information content (AvgIpc) is 2.48. The van der Waals surface area contributed by atoms with Gasteiger partial charge in [0, 0.05) is 0 Å². The summed E-state index contributed by atoms with van der Waals surface area (Å²) in [6, 6.07) is 6.91. The predicted molar refractivity (Wildman–Crippen MR) is 74.4 cm³/mol. The monoisotopic (exact) mass is 311 g/mol. The molecular formula is C16H13F4NO. The fraction of sp³-hybridized carbons (Fsp3) is 0.188. The van der Waals surface area contributed by atoms with E-state index < -0.39 is 40.3 Å². The fourth-order valence-electron chi connectivity index (χ4n) is 1.90. The molecule has 1 N–H and O–H groups in total. The Bertz CT molecular complexity index is 711. The molecule has 0 radical (unpaired) electrons. The first-order valence-electron chi connectivity index (χ1n) is 6.44. The molecule has 0 saturated carbocycles. The predicted octanol–water partition coefficient (Wildman–Crippen LogP) is 4.16. The van der Waals surface area contributed by atoms with Crippen LogP contribution in [0.2, 0.25) is 0 Å². The van der Waals surface area contributed by atoms with Crippen LogP contribution in [0.4, 0.5) is 23.2 Å². The van der Waals surface area contributed by atoms with Crippen molar-refractivity contribution in [2.24, 2.45) is 0 Å². The normalized spacial score (nSPS) is 11.4. The van der Waals surface area contributed by atoms with Gasteiger partial charge in [0.1, 0.15) is 5.82 Å². The number of amides is 1. The largest absolute Gasteiger partial charge is 0.323 e. The molecule has 0 bridgehead atoms. The van der Waals surface area contributed by atoms with E-state index in [0.717, 1.165) is 12.1 Å². The molecule has 0 aliphatic carbocycles. The van der Waals surface area contributed by atoms with Crippen LogP contribution in [0.1, 0.15) is 19.4 Å². The minimum Gasteiger partial charge on any atom is -0.323 e. The van der Waals surface area contributed by atoms with Gasteiger partial charge in [-0.2, -0.15) is 0 Å². The van der Waals surface area contributed by atoms with Crippen LogP contribution in [0.25, 0.3) is 0 Å². The average molecular weight is 311 g/mol. The van der Waals surface area contributed by atoms with Crippen LogP contribution < -0.4 is 5.32 Å². The van der Waals surface area contributed by atoms with Gasteiger partial charge in [0.2, 0.25) is 5.91 Å². The Labute approximate surface area is 124 Å². The zero-order valence-electron chi connectivity index (χ0n) is 11.9. The van der Waals surface area contributed by atoms with Crippen molar-refractivity contribution in [1.82, 2.24) is 0 Å². The maximum Gasteiger partial charge on any atom is 0.234 e. The third-order valence-electron chi connectivity index (χ3n) is 3.42.